The first-order valence-corrected chi connectivity index (χ1v) is 10.9. The van der Waals surface area contributed by atoms with Gasteiger partial charge in [-0.3, -0.25) is 14.7 Å². The third kappa shape index (κ3) is 5.23. The fraction of sp³-hybridized carbons (Fsp3) is 0.375. The van der Waals surface area contributed by atoms with Crippen molar-refractivity contribution in [3.05, 3.63) is 81.5 Å². The van der Waals surface area contributed by atoms with Gasteiger partial charge in [0.1, 0.15) is 12.2 Å². The predicted molar refractivity (Wildman–Crippen MR) is 121 cm³/mol. The van der Waals surface area contributed by atoms with Crippen molar-refractivity contribution < 1.29 is 4.79 Å². The van der Waals surface area contributed by atoms with Crippen molar-refractivity contribution in [2.24, 2.45) is 5.92 Å². The van der Waals surface area contributed by atoms with Crippen molar-refractivity contribution in [1.29, 1.82) is 0 Å². The number of pyridine rings is 1. The van der Waals surface area contributed by atoms with Gasteiger partial charge in [-0.2, -0.15) is 5.10 Å². The third-order valence-corrected chi connectivity index (χ3v) is 5.96. The van der Waals surface area contributed by atoms with Crippen molar-refractivity contribution in [3.63, 3.8) is 0 Å². The number of benzene rings is 1. The molecular formula is C24H29N5O2. The van der Waals surface area contributed by atoms with Gasteiger partial charge in [0, 0.05) is 25.0 Å². The van der Waals surface area contributed by atoms with Crippen LogP contribution in [-0.4, -0.2) is 33.8 Å². The van der Waals surface area contributed by atoms with Gasteiger partial charge in [0.15, 0.2) is 0 Å². The molecule has 2 heterocycles. The van der Waals surface area contributed by atoms with Gasteiger partial charge in [0.2, 0.25) is 5.91 Å². The molecule has 0 spiro atoms. The molecule has 1 aromatic carbocycles. The third-order valence-electron chi connectivity index (χ3n) is 5.96. The lowest BCUT2D eigenvalue weighted by molar-refractivity contribution is -0.121. The van der Waals surface area contributed by atoms with Crippen molar-refractivity contribution in [2.45, 2.75) is 39.2 Å². The Morgan fingerprint density at radius 1 is 1.23 bits per heavy atom. The van der Waals surface area contributed by atoms with Crippen LogP contribution in [0.2, 0.25) is 0 Å². The molecule has 0 saturated heterocycles. The number of amides is 1. The van der Waals surface area contributed by atoms with Gasteiger partial charge in [-0.1, -0.05) is 30.3 Å². The van der Waals surface area contributed by atoms with Crippen LogP contribution < -0.4 is 16.2 Å². The predicted octanol–water partition coefficient (Wildman–Crippen LogP) is 2.46. The number of hydrogen-bond acceptors (Lipinski definition) is 4. The molecule has 1 aliphatic rings. The molecule has 0 saturated carbocycles. The number of aromatic amines is 1. The quantitative estimate of drug-likeness (QED) is 0.523. The Kier molecular flexibility index (Phi) is 6.50. The minimum atomic E-state index is -0.163. The Balaban J connectivity index is 1.31. The van der Waals surface area contributed by atoms with Gasteiger partial charge in [0.05, 0.1) is 5.69 Å². The molecule has 31 heavy (non-hydrogen) atoms. The van der Waals surface area contributed by atoms with Crippen LogP contribution in [0.25, 0.3) is 0 Å². The lowest BCUT2D eigenvalue weighted by Gasteiger charge is -2.21. The van der Waals surface area contributed by atoms with Gasteiger partial charge in [0.25, 0.3) is 5.56 Å². The number of nitrogens with zero attached hydrogens (tertiary/aromatic N) is 2. The zero-order valence-corrected chi connectivity index (χ0v) is 17.9. The highest BCUT2D eigenvalue weighted by molar-refractivity contribution is 5.75. The van der Waals surface area contributed by atoms with Crippen molar-refractivity contribution in [1.82, 2.24) is 20.1 Å². The summed E-state index contributed by atoms with van der Waals surface area (Å²) in [4.78, 5) is 25.4. The van der Waals surface area contributed by atoms with Gasteiger partial charge in [-0.25, -0.2) is 0 Å². The van der Waals surface area contributed by atoms with E-state index >= 15 is 0 Å². The van der Waals surface area contributed by atoms with E-state index in [1.54, 1.807) is 6.07 Å². The highest BCUT2D eigenvalue weighted by Gasteiger charge is 2.21. The first kappa shape index (κ1) is 20.9. The summed E-state index contributed by atoms with van der Waals surface area (Å²) in [6.45, 7) is 3.16. The van der Waals surface area contributed by atoms with E-state index in [0.29, 0.717) is 24.7 Å². The van der Waals surface area contributed by atoms with Crippen LogP contribution in [0.15, 0.2) is 53.5 Å². The van der Waals surface area contributed by atoms with E-state index < -0.39 is 0 Å². The zero-order chi connectivity index (χ0) is 21.6. The first-order chi connectivity index (χ1) is 15.1. The largest absolute Gasteiger partial charge is 0.380 e. The second-order valence-electron chi connectivity index (χ2n) is 8.21. The highest BCUT2D eigenvalue weighted by Crippen LogP contribution is 2.23. The summed E-state index contributed by atoms with van der Waals surface area (Å²) >= 11 is 0. The Hall–Kier alpha value is -3.35. The molecule has 0 radical (unpaired) electrons. The van der Waals surface area contributed by atoms with Crippen LogP contribution >= 0.6 is 0 Å². The molecule has 0 bridgehead atoms. The van der Waals surface area contributed by atoms with Crippen LogP contribution in [0.4, 0.5) is 5.69 Å². The number of aromatic nitrogens is 3. The summed E-state index contributed by atoms with van der Waals surface area (Å²) in [5.41, 5.74) is 4.73. The molecule has 7 heteroatoms. The van der Waals surface area contributed by atoms with Gasteiger partial charge in [-0.15, -0.1) is 0 Å². The monoisotopic (exact) mass is 419 g/mol. The van der Waals surface area contributed by atoms with Gasteiger partial charge in [-0.05, 0) is 61.8 Å². The number of hydrogen-bond donors (Lipinski definition) is 3. The lowest BCUT2D eigenvalue weighted by Crippen LogP contribution is -2.37. The molecule has 0 fully saturated rings. The summed E-state index contributed by atoms with van der Waals surface area (Å²) in [6.07, 6.45) is 5.65. The number of fused-ring (bicyclic) bond motifs is 1. The molecule has 1 amide bonds. The number of nitrogens with one attached hydrogen (secondary N) is 3. The molecule has 7 nitrogen and oxygen atoms in total. The second kappa shape index (κ2) is 9.64. The summed E-state index contributed by atoms with van der Waals surface area (Å²) < 4.78 is 1.54. The van der Waals surface area contributed by atoms with Crippen molar-refractivity contribution in [2.75, 3.05) is 18.4 Å². The number of rotatable bonds is 8. The Labute approximate surface area is 181 Å². The molecule has 0 aliphatic heterocycles. The smallest absolute Gasteiger partial charge is 0.274 e. The fourth-order valence-corrected chi connectivity index (χ4v) is 4.11. The molecular weight excluding hydrogens is 390 g/mol. The Bertz CT molecular complexity index is 1090. The molecule has 1 aliphatic carbocycles. The average molecular weight is 420 g/mol. The maximum atomic E-state index is 12.9. The molecule has 162 valence electrons. The van der Waals surface area contributed by atoms with E-state index in [1.807, 2.05) is 37.4 Å². The highest BCUT2D eigenvalue weighted by atomic mass is 16.2. The Morgan fingerprint density at radius 2 is 2.06 bits per heavy atom. The normalized spacial score (nSPS) is 15.3. The van der Waals surface area contributed by atoms with Crippen LogP contribution in [0.5, 0.6) is 0 Å². The summed E-state index contributed by atoms with van der Waals surface area (Å²) in [6, 6.07) is 13.8. The summed E-state index contributed by atoms with van der Waals surface area (Å²) in [7, 11) is 0. The van der Waals surface area contributed by atoms with Crippen LogP contribution in [0.1, 0.15) is 28.9 Å². The molecule has 2 aromatic heterocycles. The molecule has 1 atom stereocenters. The number of aryl methyl sites for hydroxylation is 2. The lowest BCUT2D eigenvalue weighted by atomic mass is 9.88. The minimum Gasteiger partial charge on any atom is -0.380 e. The van der Waals surface area contributed by atoms with Crippen LogP contribution in [0, 0.1) is 12.8 Å². The molecule has 3 N–H and O–H groups in total. The maximum absolute atomic E-state index is 12.9. The van der Waals surface area contributed by atoms with Gasteiger partial charge < -0.3 is 15.2 Å². The second-order valence-corrected chi connectivity index (χ2v) is 8.21. The first-order valence-electron chi connectivity index (χ1n) is 10.9. The molecule has 1 unspecified atom stereocenters. The van der Waals surface area contributed by atoms with Gasteiger partial charge >= 0.3 is 0 Å². The number of carbonyl (C=O) groups excluding carboxylic acids is 1. The minimum absolute atomic E-state index is 0.0303. The average Bonchev–Trinajstić information content (AvgIpc) is 3.25. The standard InChI is InChI=1S/C24H29N5O2/c1-17-7-9-22(25-12-11-18-5-3-2-4-6-18)24(31)29(17)16-23(30)26-14-19-8-10-21-20(13-19)15-27-28-21/h2-7,9,15,19,25H,8,10-14,16H2,1H3,(H,26,30)(H,27,28). The maximum Gasteiger partial charge on any atom is 0.274 e. The topological polar surface area (TPSA) is 91.8 Å². The zero-order valence-electron chi connectivity index (χ0n) is 17.9. The number of H-pyrrole nitrogens is 1. The van der Waals surface area contributed by atoms with E-state index in [-0.39, 0.29) is 18.0 Å². The fourth-order valence-electron chi connectivity index (χ4n) is 4.11. The van der Waals surface area contributed by atoms with E-state index in [9.17, 15) is 9.59 Å². The summed E-state index contributed by atoms with van der Waals surface area (Å²) in [5.74, 6) is 0.266. The number of anilines is 1. The van der Waals surface area contributed by atoms with Crippen LogP contribution in [0.3, 0.4) is 0 Å². The van der Waals surface area contributed by atoms with E-state index in [2.05, 4.69) is 33.0 Å². The number of carbonyl (C=O) groups is 1. The van der Waals surface area contributed by atoms with Crippen molar-refractivity contribution in [3.8, 4) is 0 Å². The Morgan fingerprint density at radius 3 is 2.90 bits per heavy atom. The van der Waals surface area contributed by atoms with E-state index in [1.165, 1.54) is 15.7 Å². The van der Waals surface area contributed by atoms with E-state index in [4.69, 9.17) is 0 Å². The van der Waals surface area contributed by atoms with Crippen LogP contribution in [-0.2, 0) is 30.6 Å². The van der Waals surface area contributed by atoms with Crippen molar-refractivity contribution >= 4 is 11.6 Å². The summed E-state index contributed by atoms with van der Waals surface area (Å²) in [5, 5.41) is 13.4. The molecule has 4 rings (SSSR count). The molecule has 3 aromatic rings. The van der Waals surface area contributed by atoms with E-state index in [0.717, 1.165) is 37.1 Å². The SMILES string of the molecule is Cc1ccc(NCCc2ccccc2)c(=O)n1CC(=O)NCC1CCc2n[nH]cc2C1.